The van der Waals surface area contributed by atoms with Crippen LogP contribution in [0.5, 0.6) is 0 Å². The van der Waals surface area contributed by atoms with Gasteiger partial charge in [-0.25, -0.2) is 4.99 Å². The maximum Gasteiger partial charge on any atom is 0.264 e. The van der Waals surface area contributed by atoms with E-state index >= 15 is 0 Å². The summed E-state index contributed by atoms with van der Waals surface area (Å²) in [6, 6.07) is 15.0. The van der Waals surface area contributed by atoms with Gasteiger partial charge in [-0.2, -0.15) is 0 Å². The van der Waals surface area contributed by atoms with Gasteiger partial charge in [-0.3, -0.25) is 4.79 Å². The van der Waals surface area contributed by atoms with Crippen LogP contribution in [0.1, 0.15) is 12.5 Å². The molecule has 2 aromatic carbocycles. The van der Waals surface area contributed by atoms with E-state index in [9.17, 15) is 4.79 Å². The molecule has 0 radical (unpaired) electrons. The molecule has 0 bridgehead atoms. The Morgan fingerprint density at radius 3 is 2.48 bits per heavy atom. The van der Waals surface area contributed by atoms with Crippen LogP contribution in [0, 0.1) is 0 Å². The van der Waals surface area contributed by atoms with Crippen molar-refractivity contribution in [3.63, 3.8) is 0 Å². The first-order chi connectivity index (χ1) is 12.0. The van der Waals surface area contributed by atoms with Gasteiger partial charge < -0.3 is 5.32 Å². The van der Waals surface area contributed by atoms with Crippen molar-refractivity contribution in [1.82, 2.24) is 5.32 Å². The molecule has 1 heterocycles. The van der Waals surface area contributed by atoms with Crippen LogP contribution in [0.25, 0.3) is 6.08 Å². The Balaban J connectivity index is 1.80. The summed E-state index contributed by atoms with van der Waals surface area (Å²) < 4.78 is 0. The number of aliphatic imine (C=N–C) groups is 1. The molecule has 1 fully saturated rings. The molecule has 1 aliphatic heterocycles. The van der Waals surface area contributed by atoms with E-state index in [1.807, 2.05) is 49.4 Å². The number of allylic oxidation sites excluding steroid dienone is 2. The minimum atomic E-state index is -0.169. The van der Waals surface area contributed by atoms with Crippen molar-refractivity contribution in [3.8, 4) is 0 Å². The molecule has 1 amide bonds. The van der Waals surface area contributed by atoms with Crippen LogP contribution in [0.3, 0.4) is 0 Å². The number of carbonyl (C=O) groups is 1. The lowest BCUT2D eigenvalue weighted by molar-refractivity contribution is -0.115. The van der Waals surface area contributed by atoms with Gasteiger partial charge in [0.2, 0.25) is 0 Å². The molecule has 0 unspecified atom stereocenters. The van der Waals surface area contributed by atoms with Crippen LogP contribution in [-0.2, 0) is 4.79 Å². The number of hydrogen-bond acceptors (Lipinski definition) is 3. The van der Waals surface area contributed by atoms with Gasteiger partial charge in [-0.05, 0) is 54.1 Å². The largest absolute Gasteiger partial charge is 0.300 e. The molecule has 1 N–H and O–H groups in total. The third-order valence-corrected chi connectivity index (χ3v) is 4.63. The SMILES string of the molecule is CC(=C\c1ccccc1)/C=C1/SC(=Nc2cc(Cl)cc(Cl)c2)NC1=O. The minimum Gasteiger partial charge on any atom is -0.300 e. The van der Waals surface area contributed by atoms with Crippen molar-refractivity contribution in [2.75, 3.05) is 0 Å². The monoisotopic (exact) mass is 388 g/mol. The van der Waals surface area contributed by atoms with Crippen LogP contribution in [0.2, 0.25) is 10.0 Å². The molecule has 3 nitrogen and oxygen atoms in total. The van der Waals surface area contributed by atoms with Crippen molar-refractivity contribution in [3.05, 3.63) is 80.7 Å². The van der Waals surface area contributed by atoms with Crippen molar-refractivity contribution in [1.29, 1.82) is 0 Å². The summed E-state index contributed by atoms with van der Waals surface area (Å²) in [5, 5.41) is 4.25. The van der Waals surface area contributed by atoms with E-state index in [4.69, 9.17) is 23.2 Å². The molecule has 0 aromatic heterocycles. The molecule has 2 aromatic rings. The number of halogens is 2. The van der Waals surface area contributed by atoms with Crippen LogP contribution < -0.4 is 5.32 Å². The highest BCUT2D eigenvalue weighted by Gasteiger charge is 2.23. The normalized spacial score (nSPS) is 18.0. The summed E-state index contributed by atoms with van der Waals surface area (Å²) in [6.07, 6.45) is 3.87. The number of nitrogens with one attached hydrogen (secondary N) is 1. The molecular formula is C19H14Cl2N2OS. The van der Waals surface area contributed by atoms with Gasteiger partial charge in [0.05, 0.1) is 10.6 Å². The van der Waals surface area contributed by atoms with Gasteiger partial charge >= 0.3 is 0 Å². The van der Waals surface area contributed by atoms with E-state index < -0.39 is 0 Å². The fourth-order valence-corrected chi connectivity index (χ4v) is 3.67. The number of nitrogens with zero attached hydrogens (tertiary/aromatic N) is 1. The lowest BCUT2D eigenvalue weighted by Gasteiger charge is -1.98. The average Bonchev–Trinajstić information content (AvgIpc) is 2.86. The molecule has 1 aliphatic rings. The van der Waals surface area contributed by atoms with E-state index in [-0.39, 0.29) is 5.91 Å². The number of thioether (sulfide) groups is 1. The van der Waals surface area contributed by atoms with Gasteiger partial charge in [0.1, 0.15) is 0 Å². The third kappa shape index (κ3) is 4.98. The van der Waals surface area contributed by atoms with Crippen LogP contribution in [0.15, 0.2) is 70.1 Å². The Bertz CT molecular complexity index is 885. The number of amides is 1. The number of carbonyl (C=O) groups excluding carboxylic acids is 1. The van der Waals surface area contributed by atoms with Gasteiger partial charge in [0.15, 0.2) is 5.17 Å². The first kappa shape index (κ1) is 17.8. The number of hydrogen-bond donors (Lipinski definition) is 1. The van der Waals surface area contributed by atoms with E-state index in [1.54, 1.807) is 18.2 Å². The van der Waals surface area contributed by atoms with Crippen molar-refractivity contribution in [2.45, 2.75) is 6.92 Å². The Hall–Kier alpha value is -2.01. The summed E-state index contributed by atoms with van der Waals surface area (Å²) >= 11 is 13.2. The summed E-state index contributed by atoms with van der Waals surface area (Å²) in [4.78, 5) is 17.1. The maximum absolute atomic E-state index is 12.1. The van der Waals surface area contributed by atoms with Crippen LogP contribution in [-0.4, -0.2) is 11.1 Å². The zero-order valence-corrected chi connectivity index (χ0v) is 15.6. The van der Waals surface area contributed by atoms with E-state index in [1.165, 1.54) is 11.8 Å². The van der Waals surface area contributed by atoms with E-state index in [0.29, 0.717) is 25.8 Å². The predicted octanol–water partition coefficient (Wildman–Crippen LogP) is 5.83. The zero-order chi connectivity index (χ0) is 17.8. The van der Waals surface area contributed by atoms with Crippen molar-refractivity contribution < 1.29 is 4.79 Å². The molecule has 25 heavy (non-hydrogen) atoms. The highest BCUT2D eigenvalue weighted by Crippen LogP contribution is 2.30. The van der Waals surface area contributed by atoms with Crippen LogP contribution >= 0.6 is 35.0 Å². The summed E-state index contributed by atoms with van der Waals surface area (Å²) in [5.41, 5.74) is 2.66. The van der Waals surface area contributed by atoms with Gasteiger partial charge in [-0.1, -0.05) is 59.6 Å². The first-order valence-electron chi connectivity index (χ1n) is 7.48. The van der Waals surface area contributed by atoms with Gasteiger partial charge in [0, 0.05) is 10.0 Å². The zero-order valence-electron chi connectivity index (χ0n) is 13.3. The first-order valence-corrected chi connectivity index (χ1v) is 9.06. The molecule has 0 aliphatic carbocycles. The molecule has 3 rings (SSSR count). The van der Waals surface area contributed by atoms with Gasteiger partial charge in [0.25, 0.3) is 5.91 Å². The molecular weight excluding hydrogens is 375 g/mol. The number of rotatable bonds is 3. The maximum atomic E-state index is 12.1. The average molecular weight is 389 g/mol. The van der Waals surface area contributed by atoms with Crippen molar-refractivity contribution in [2.24, 2.45) is 4.99 Å². The summed E-state index contributed by atoms with van der Waals surface area (Å²) in [7, 11) is 0. The van der Waals surface area contributed by atoms with E-state index in [2.05, 4.69) is 10.3 Å². The highest BCUT2D eigenvalue weighted by molar-refractivity contribution is 8.18. The fourth-order valence-electron chi connectivity index (χ4n) is 2.26. The Kier molecular flexibility index (Phi) is 5.63. The highest BCUT2D eigenvalue weighted by atomic mass is 35.5. The smallest absolute Gasteiger partial charge is 0.264 e. The molecule has 0 atom stereocenters. The summed E-state index contributed by atoms with van der Waals surface area (Å²) in [5.74, 6) is -0.169. The number of benzene rings is 2. The topological polar surface area (TPSA) is 41.5 Å². The lowest BCUT2D eigenvalue weighted by Crippen LogP contribution is -2.19. The predicted molar refractivity (Wildman–Crippen MR) is 107 cm³/mol. The molecule has 1 saturated heterocycles. The molecule has 6 heteroatoms. The van der Waals surface area contributed by atoms with Crippen molar-refractivity contribution >= 4 is 57.8 Å². The van der Waals surface area contributed by atoms with Crippen LogP contribution in [0.4, 0.5) is 5.69 Å². The Morgan fingerprint density at radius 2 is 1.80 bits per heavy atom. The second-order valence-corrected chi connectivity index (χ2v) is 7.31. The second-order valence-electron chi connectivity index (χ2n) is 5.41. The standard InChI is InChI=1S/C19H14Cl2N2OS/c1-12(7-13-5-3-2-4-6-13)8-17-18(24)23-19(25-17)22-16-10-14(20)9-15(21)11-16/h2-11H,1H3,(H,22,23,24)/b12-7+,17-8+. The molecule has 126 valence electrons. The fraction of sp³-hybridized carbons (Fsp3) is 0.0526. The Morgan fingerprint density at radius 1 is 1.12 bits per heavy atom. The third-order valence-electron chi connectivity index (χ3n) is 3.28. The lowest BCUT2D eigenvalue weighted by atomic mass is 10.1. The second kappa shape index (κ2) is 7.91. The number of amidine groups is 1. The quantitative estimate of drug-likeness (QED) is 0.671. The van der Waals surface area contributed by atoms with Gasteiger partial charge in [-0.15, -0.1) is 0 Å². The van der Waals surface area contributed by atoms with E-state index in [0.717, 1.165) is 11.1 Å². The minimum absolute atomic E-state index is 0.169. The summed E-state index contributed by atoms with van der Waals surface area (Å²) in [6.45, 7) is 1.96. The Labute approximate surface area is 160 Å². The molecule has 0 saturated carbocycles. The molecule has 0 spiro atoms.